The van der Waals surface area contributed by atoms with Gasteiger partial charge in [-0.1, -0.05) is 37.6 Å². The topological polar surface area (TPSA) is 32.3 Å². The average Bonchev–Trinajstić information content (AvgIpc) is 2.26. The Morgan fingerprint density at radius 1 is 1.24 bits per heavy atom. The van der Waals surface area contributed by atoms with Crippen LogP contribution in [0.5, 0.6) is 0 Å². The zero-order valence-corrected chi connectivity index (χ0v) is 11.5. The predicted molar refractivity (Wildman–Crippen MR) is 73.2 cm³/mol. The van der Waals surface area contributed by atoms with Crippen molar-refractivity contribution in [1.29, 1.82) is 0 Å². The fourth-order valence-electron chi connectivity index (χ4n) is 1.78. The maximum absolute atomic E-state index is 9.67. The smallest absolute Gasteiger partial charge is 0.0715 e. The van der Waals surface area contributed by atoms with E-state index in [1.807, 2.05) is 13.8 Å². The molecule has 1 rings (SSSR count). The van der Waals surface area contributed by atoms with E-state index in [0.29, 0.717) is 6.54 Å². The summed E-state index contributed by atoms with van der Waals surface area (Å²) in [6.45, 7) is 8.56. The molecule has 2 N–H and O–H groups in total. The standard InChI is InChI=1S/C15H25NO/c1-5-6-13-7-9-14(10-8-13)12(2)16-11-15(3,4)17/h7-10,12,16-17H,5-6,11H2,1-4H3. The molecule has 0 saturated carbocycles. The summed E-state index contributed by atoms with van der Waals surface area (Å²) >= 11 is 0. The van der Waals surface area contributed by atoms with Crippen LogP contribution in [-0.2, 0) is 6.42 Å². The van der Waals surface area contributed by atoms with E-state index in [2.05, 4.69) is 43.4 Å². The Hall–Kier alpha value is -0.860. The third-order valence-electron chi connectivity index (χ3n) is 2.86. The normalized spacial score (nSPS) is 13.7. The maximum Gasteiger partial charge on any atom is 0.0715 e. The summed E-state index contributed by atoms with van der Waals surface area (Å²) in [5, 5.41) is 13.0. The summed E-state index contributed by atoms with van der Waals surface area (Å²) in [5.74, 6) is 0. The molecule has 17 heavy (non-hydrogen) atoms. The monoisotopic (exact) mass is 235 g/mol. The van der Waals surface area contributed by atoms with Crippen molar-refractivity contribution in [3.8, 4) is 0 Å². The van der Waals surface area contributed by atoms with Crippen LogP contribution in [0.25, 0.3) is 0 Å². The Bertz CT molecular complexity index is 324. The molecule has 0 saturated heterocycles. The second-order valence-electron chi connectivity index (χ2n) is 5.41. The molecule has 0 fully saturated rings. The van der Waals surface area contributed by atoms with Crippen molar-refractivity contribution in [1.82, 2.24) is 5.32 Å². The van der Waals surface area contributed by atoms with Crippen LogP contribution in [0.1, 0.15) is 51.3 Å². The lowest BCUT2D eigenvalue weighted by Crippen LogP contribution is -2.36. The lowest BCUT2D eigenvalue weighted by Gasteiger charge is -2.22. The molecule has 0 bridgehead atoms. The van der Waals surface area contributed by atoms with Crippen molar-refractivity contribution in [2.24, 2.45) is 0 Å². The highest BCUT2D eigenvalue weighted by Gasteiger charge is 2.14. The molecular formula is C15H25NO. The van der Waals surface area contributed by atoms with Crippen molar-refractivity contribution in [3.63, 3.8) is 0 Å². The van der Waals surface area contributed by atoms with Gasteiger partial charge in [0.2, 0.25) is 0 Å². The summed E-state index contributed by atoms with van der Waals surface area (Å²) < 4.78 is 0. The van der Waals surface area contributed by atoms with Gasteiger partial charge in [0.25, 0.3) is 0 Å². The number of rotatable bonds is 6. The minimum atomic E-state index is -0.656. The Morgan fingerprint density at radius 2 is 1.82 bits per heavy atom. The van der Waals surface area contributed by atoms with E-state index >= 15 is 0 Å². The molecule has 0 amide bonds. The van der Waals surface area contributed by atoms with Gasteiger partial charge in [0.1, 0.15) is 0 Å². The number of hydrogen-bond donors (Lipinski definition) is 2. The fourth-order valence-corrected chi connectivity index (χ4v) is 1.78. The van der Waals surface area contributed by atoms with Crippen LogP contribution in [0.15, 0.2) is 24.3 Å². The van der Waals surface area contributed by atoms with Crippen LogP contribution in [0.3, 0.4) is 0 Å². The van der Waals surface area contributed by atoms with Gasteiger partial charge in [-0.15, -0.1) is 0 Å². The molecule has 2 heteroatoms. The average molecular weight is 235 g/mol. The molecule has 0 radical (unpaired) electrons. The van der Waals surface area contributed by atoms with E-state index in [-0.39, 0.29) is 6.04 Å². The number of aryl methyl sites for hydroxylation is 1. The second kappa shape index (κ2) is 6.18. The highest BCUT2D eigenvalue weighted by molar-refractivity contribution is 5.24. The molecule has 96 valence electrons. The maximum atomic E-state index is 9.67. The number of nitrogens with one attached hydrogen (secondary N) is 1. The first-order valence-electron chi connectivity index (χ1n) is 6.47. The van der Waals surface area contributed by atoms with Gasteiger partial charge in [0.05, 0.1) is 5.60 Å². The third kappa shape index (κ3) is 5.33. The molecule has 1 aromatic rings. The van der Waals surface area contributed by atoms with Crippen LogP contribution >= 0.6 is 0 Å². The highest BCUT2D eigenvalue weighted by atomic mass is 16.3. The van der Waals surface area contributed by atoms with Gasteiger partial charge in [0.15, 0.2) is 0 Å². The summed E-state index contributed by atoms with van der Waals surface area (Å²) in [6.07, 6.45) is 2.33. The molecule has 1 aromatic carbocycles. The van der Waals surface area contributed by atoms with Gasteiger partial charge in [0, 0.05) is 12.6 Å². The summed E-state index contributed by atoms with van der Waals surface area (Å²) in [6, 6.07) is 9.01. The molecule has 0 aliphatic rings. The third-order valence-corrected chi connectivity index (χ3v) is 2.86. The van der Waals surface area contributed by atoms with Crippen molar-refractivity contribution in [2.75, 3.05) is 6.54 Å². The molecule has 1 atom stereocenters. The van der Waals surface area contributed by atoms with Crippen LogP contribution in [0.4, 0.5) is 0 Å². The van der Waals surface area contributed by atoms with Crippen molar-refractivity contribution in [3.05, 3.63) is 35.4 Å². The van der Waals surface area contributed by atoms with E-state index in [1.54, 1.807) is 0 Å². The molecule has 0 aliphatic heterocycles. The zero-order valence-electron chi connectivity index (χ0n) is 11.5. The van der Waals surface area contributed by atoms with Crippen LogP contribution in [-0.4, -0.2) is 17.3 Å². The van der Waals surface area contributed by atoms with E-state index in [0.717, 1.165) is 6.42 Å². The molecule has 0 aliphatic carbocycles. The summed E-state index contributed by atoms with van der Waals surface area (Å²) in [7, 11) is 0. The van der Waals surface area contributed by atoms with E-state index in [4.69, 9.17) is 0 Å². The first kappa shape index (κ1) is 14.2. The largest absolute Gasteiger partial charge is 0.389 e. The number of aliphatic hydroxyl groups is 1. The Labute approximate surface area is 105 Å². The minimum Gasteiger partial charge on any atom is -0.389 e. The molecule has 0 heterocycles. The molecule has 2 nitrogen and oxygen atoms in total. The van der Waals surface area contributed by atoms with Crippen molar-refractivity contribution >= 4 is 0 Å². The molecule has 0 aromatic heterocycles. The molecule has 1 unspecified atom stereocenters. The molecule has 0 spiro atoms. The second-order valence-corrected chi connectivity index (χ2v) is 5.41. The molecular weight excluding hydrogens is 210 g/mol. The Morgan fingerprint density at radius 3 is 2.29 bits per heavy atom. The minimum absolute atomic E-state index is 0.275. The van der Waals surface area contributed by atoms with E-state index in [1.165, 1.54) is 17.5 Å². The highest BCUT2D eigenvalue weighted by Crippen LogP contribution is 2.15. The lowest BCUT2D eigenvalue weighted by atomic mass is 10.0. The van der Waals surface area contributed by atoms with E-state index < -0.39 is 5.60 Å². The van der Waals surface area contributed by atoms with Crippen LogP contribution < -0.4 is 5.32 Å². The first-order valence-corrected chi connectivity index (χ1v) is 6.47. The number of benzene rings is 1. The fraction of sp³-hybridized carbons (Fsp3) is 0.600. The van der Waals surface area contributed by atoms with Gasteiger partial charge in [-0.05, 0) is 38.3 Å². The summed E-state index contributed by atoms with van der Waals surface area (Å²) in [5.41, 5.74) is 2.01. The zero-order chi connectivity index (χ0) is 12.9. The van der Waals surface area contributed by atoms with Gasteiger partial charge in [-0.2, -0.15) is 0 Å². The Balaban J connectivity index is 2.54. The van der Waals surface area contributed by atoms with E-state index in [9.17, 15) is 5.11 Å². The quantitative estimate of drug-likeness (QED) is 0.794. The summed E-state index contributed by atoms with van der Waals surface area (Å²) in [4.78, 5) is 0. The van der Waals surface area contributed by atoms with Gasteiger partial charge < -0.3 is 10.4 Å². The van der Waals surface area contributed by atoms with Crippen molar-refractivity contribution in [2.45, 2.75) is 52.2 Å². The predicted octanol–water partition coefficient (Wildman–Crippen LogP) is 3.06. The van der Waals surface area contributed by atoms with Crippen LogP contribution in [0.2, 0.25) is 0 Å². The number of hydrogen-bond acceptors (Lipinski definition) is 2. The van der Waals surface area contributed by atoms with Gasteiger partial charge >= 0.3 is 0 Å². The SMILES string of the molecule is CCCc1ccc(C(C)NCC(C)(C)O)cc1. The van der Waals surface area contributed by atoms with Crippen LogP contribution in [0, 0.1) is 0 Å². The van der Waals surface area contributed by atoms with Crippen molar-refractivity contribution < 1.29 is 5.11 Å². The lowest BCUT2D eigenvalue weighted by molar-refractivity contribution is 0.0770. The first-order chi connectivity index (χ1) is 7.92. The van der Waals surface area contributed by atoms with Gasteiger partial charge in [-0.3, -0.25) is 0 Å². The van der Waals surface area contributed by atoms with Gasteiger partial charge in [-0.25, -0.2) is 0 Å². The Kier molecular flexibility index (Phi) is 5.16.